The third-order valence-corrected chi connectivity index (χ3v) is 13.2. The minimum Gasteiger partial charge on any atom is -0.496 e. The van der Waals surface area contributed by atoms with Crippen LogP contribution in [0.15, 0.2) is 48.5 Å². The molecule has 3 fully saturated rings. The number of morpholine rings is 1. The van der Waals surface area contributed by atoms with Gasteiger partial charge in [0.1, 0.15) is 17.3 Å². The van der Waals surface area contributed by atoms with Gasteiger partial charge in [-0.15, -0.1) is 13.2 Å². The Balaban J connectivity index is 0.000000216. The summed E-state index contributed by atoms with van der Waals surface area (Å²) < 4.78 is 181. The minimum absolute atomic E-state index is 0.143. The van der Waals surface area contributed by atoms with Gasteiger partial charge in [-0.1, -0.05) is 49.6 Å². The summed E-state index contributed by atoms with van der Waals surface area (Å²) in [7, 11) is 1.52. The van der Waals surface area contributed by atoms with Crippen molar-refractivity contribution in [3.63, 3.8) is 0 Å². The summed E-state index contributed by atoms with van der Waals surface area (Å²) in [6.45, 7) is 21.9. The van der Waals surface area contributed by atoms with Crippen molar-refractivity contribution in [3.05, 3.63) is 127 Å². The molecule has 4 aromatic rings. The summed E-state index contributed by atoms with van der Waals surface area (Å²) in [5.74, 6) is -0.211. The number of methoxy groups -OCH3 is 1. The Morgan fingerprint density at radius 1 is 0.507 bits per heavy atom. The van der Waals surface area contributed by atoms with Crippen LogP contribution in [0.5, 0.6) is 11.5 Å². The van der Waals surface area contributed by atoms with Crippen LogP contribution in [0.4, 0.5) is 57.1 Å². The van der Waals surface area contributed by atoms with E-state index in [-0.39, 0.29) is 17.9 Å². The van der Waals surface area contributed by atoms with Gasteiger partial charge < -0.3 is 14.2 Å². The average molecular weight is 1080 g/mol. The fourth-order valence-corrected chi connectivity index (χ4v) is 9.42. The van der Waals surface area contributed by atoms with Gasteiger partial charge in [0.25, 0.3) is 0 Å². The Morgan fingerprint density at radius 3 is 1.32 bits per heavy atom. The highest BCUT2D eigenvalue weighted by molar-refractivity contribution is 5.47. The van der Waals surface area contributed by atoms with E-state index >= 15 is 0 Å². The number of aryl methyl sites for hydroxylation is 5. The average Bonchev–Trinajstić information content (AvgIpc) is 3.82. The van der Waals surface area contributed by atoms with Gasteiger partial charge in [-0.3, -0.25) is 14.7 Å². The summed E-state index contributed by atoms with van der Waals surface area (Å²) in [5.41, 5.74) is 3.44. The Bertz CT molecular complexity index is 2350. The first-order valence-electron chi connectivity index (χ1n) is 25.2. The number of hydrogen-bond acceptors (Lipinski definition) is 6. The smallest absolute Gasteiger partial charge is 0.496 e. The van der Waals surface area contributed by atoms with Crippen molar-refractivity contribution in [2.45, 2.75) is 145 Å². The highest BCUT2D eigenvalue weighted by Gasteiger charge is 2.37. The molecular weight excluding hydrogens is 1010 g/mol. The third kappa shape index (κ3) is 20.4. The summed E-state index contributed by atoms with van der Waals surface area (Å²) in [5, 5.41) is 0. The molecule has 0 amide bonds. The molecule has 0 saturated carbocycles. The lowest BCUT2D eigenvalue weighted by molar-refractivity contribution is -0.274. The summed E-state index contributed by atoms with van der Waals surface area (Å²) >= 11 is 0. The molecule has 0 spiro atoms. The topological polar surface area (TPSA) is 37.4 Å². The van der Waals surface area contributed by atoms with Gasteiger partial charge in [0, 0.05) is 38.3 Å². The maximum Gasteiger partial charge on any atom is 0.573 e. The molecule has 7 rings (SSSR count). The van der Waals surface area contributed by atoms with Crippen molar-refractivity contribution >= 4 is 0 Å². The van der Waals surface area contributed by atoms with Crippen LogP contribution in [0.1, 0.15) is 125 Å². The lowest BCUT2D eigenvalue weighted by Gasteiger charge is -2.28. The normalized spacial score (nSPS) is 16.1. The standard InChI is InChI=1S/C15H20F3N.C14H18F3NO.C14H19F3O2.C13H15F4N/c1-11-8-13(10-19-6-4-3-5-7-19)12(2)14(9-11)15(16,17)18;1-10-7-12(9-18-3-5-19-6-4-18)11(2)13(8-10)14(15,16)17;1-9(2)5-6-11-8-12(19-14(15,16)17)7-10(3)13(11)18-4;1-9-6-10(8-18-4-2-3-5-18)12(14)11(7-9)13(15,16)17/h8-9H,3-7,10H2,1-2H3;7-8H,3-6,9H2,1-2H3;7-9H,5-6H2,1-4H3;6-7H,2-5,8H2,1H3. The first kappa shape index (κ1) is 62.9. The molecule has 3 saturated heterocycles. The van der Waals surface area contributed by atoms with Crippen molar-refractivity contribution in [1.82, 2.24) is 14.7 Å². The van der Waals surface area contributed by atoms with Crippen molar-refractivity contribution < 1.29 is 71.3 Å². The second-order valence-corrected chi connectivity index (χ2v) is 20.1. The van der Waals surface area contributed by atoms with Crippen LogP contribution in [0.25, 0.3) is 0 Å². The SMILES string of the molecule is COc1c(C)cc(OC(F)(F)F)cc1CCC(C)C.Cc1cc(CN2CCCC2)c(F)c(C(F)(F)F)c1.Cc1cc(CN2CCCCC2)c(C)c(C(F)(F)F)c1.Cc1cc(CN2CCOCC2)c(C)c(C(F)(F)F)c1. The van der Waals surface area contributed by atoms with E-state index in [0.717, 1.165) is 94.1 Å². The summed E-state index contributed by atoms with van der Waals surface area (Å²) in [4.78, 5) is 6.37. The van der Waals surface area contributed by atoms with Crippen LogP contribution >= 0.6 is 0 Å². The van der Waals surface area contributed by atoms with Gasteiger partial charge in [-0.2, -0.15) is 39.5 Å². The van der Waals surface area contributed by atoms with E-state index in [1.807, 2.05) is 17.0 Å². The number of hydrogen-bond donors (Lipinski definition) is 0. The van der Waals surface area contributed by atoms with Gasteiger partial charge >= 0.3 is 24.9 Å². The van der Waals surface area contributed by atoms with Crippen molar-refractivity contribution in [2.24, 2.45) is 5.92 Å². The van der Waals surface area contributed by atoms with E-state index in [1.54, 1.807) is 41.5 Å². The quantitative estimate of drug-likeness (QED) is 0.139. The molecule has 420 valence electrons. The lowest BCUT2D eigenvalue weighted by atomic mass is 9.97. The number of benzene rings is 4. The predicted octanol–water partition coefficient (Wildman–Crippen LogP) is 15.7. The molecule has 0 aliphatic carbocycles. The second kappa shape index (κ2) is 27.6. The molecule has 0 N–H and O–H groups in total. The fraction of sp³-hybridized carbons (Fsp3) is 0.571. The van der Waals surface area contributed by atoms with Crippen molar-refractivity contribution in [3.8, 4) is 11.5 Å². The molecule has 0 aromatic heterocycles. The predicted molar refractivity (Wildman–Crippen MR) is 265 cm³/mol. The van der Waals surface area contributed by atoms with Crippen LogP contribution in [0, 0.1) is 53.3 Å². The van der Waals surface area contributed by atoms with Crippen LogP contribution in [-0.2, 0) is 49.3 Å². The molecule has 0 unspecified atom stereocenters. The molecule has 75 heavy (non-hydrogen) atoms. The number of likely N-dealkylation sites (tertiary alicyclic amines) is 2. The largest absolute Gasteiger partial charge is 0.573 e. The monoisotopic (exact) mass is 1080 g/mol. The first-order chi connectivity index (χ1) is 34.9. The van der Waals surface area contributed by atoms with Gasteiger partial charge in [-0.05, 0) is 181 Å². The zero-order chi connectivity index (χ0) is 56.1. The maximum absolute atomic E-state index is 13.9. The van der Waals surface area contributed by atoms with Gasteiger partial charge in [0.05, 0.1) is 37.0 Å². The third-order valence-electron chi connectivity index (χ3n) is 13.2. The number of halogens is 13. The first-order valence-corrected chi connectivity index (χ1v) is 25.2. The van der Waals surface area contributed by atoms with Crippen molar-refractivity contribution in [2.75, 3.05) is 59.6 Å². The van der Waals surface area contributed by atoms with Crippen LogP contribution in [0.2, 0.25) is 0 Å². The molecule has 6 nitrogen and oxygen atoms in total. The van der Waals surface area contributed by atoms with E-state index in [9.17, 15) is 57.1 Å². The van der Waals surface area contributed by atoms with Crippen LogP contribution in [0.3, 0.4) is 0 Å². The van der Waals surface area contributed by atoms with E-state index in [4.69, 9.17) is 9.47 Å². The van der Waals surface area contributed by atoms with Gasteiger partial charge in [-0.25, -0.2) is 4.39 Å². The molecule has 0 bridgehead atoms. The van der Waals surface area contributed by atoms with Crippen molar-refractivity contribution in [1.29, 1.82) is 0 Å². The fourth-order valence-electron chi connectivity index (χ4n) is 9.42. The number of alkyl halides is 12. The van der Waals surface area contributed by atoms with E-state index in [1.165, 1.54) is 43.9 Å². The maximum atomic E-state index is 13.9. The molecule has 3 heterocycles. The Labute approximate surface area is 433 Å². The van der Waals surface area contributed by atoms with E-state index in [0.29, 0.717) is 77.8 Å². The second-order valence-electron chi connectivity index (χ2n) is 20.1. The molecule has 3 aliphatic rings. The highest BCUT2D eigenvalue weighted by atomic mass is 19.4. The molecule has 4 aromatic carbocycles. The number of piperidine rings is 1. The molecular formula is C56H72F13N3O3. The lowest BCUT2D eigenvalue weighted by Crippen LogP contribution is -2.36. The minimum atomic E-state index is -4.67. The summed E-state index contributed by atoms with van der Waals surface area (Å²) in [6, 6.07) is 11.3. The number of nitrogens with zero attached hydrogens (tertiary/aromatic N) is 3. The molecule has 0 radical (unpaired) electrons. The van der Waals surface area contributed by atoms with Gasteiger partial charge in [0.15, 0.2) is 0 Å². The van der Waals surface area contributed by atoms with Gasteiger partial charge in [0.2, 0.25) is 0 Å². The van der Waals surface area contributed by atoms with E-state index < -0.39 is 47.4 Å². The highest BCUT2D eigenvalue weighted by Crippen LogP contribution is 2.38. The zero-order valence-corrected chi connectivity index (χ0v) is 44.4. The van der Waals surface area contributed by atoms with Crippen LogP contribution < -0.4 is 9.47 Å². The number of ether oxygens (including phenoxy) is 3. The summed E-state index contributed by atoms with van der Waals surface area (Å²) in [6.07, 6.45) is -10.7. The molecule has 0 atom stereocenters. The Morgan fingerprint density at radius 2 is 0.907 bits per heavy atom. The zero-order valence-electron chi connectivity index (χ0n) is 44.4. The number of rotatable bonds is 11. The van der Waals surface area contributed by atoms with E-state index in [2.05, 4.69) is 28.4 Å². The molecule has 19 heteroatoms. The Kier molecular flexibility index (Phi) is 23.2. The molecule has 3 aliphatic heterocycles. The van der Waals surface area contributed by atoms with Crippen LogP contribution in [-0.4, -0.2) is 80.7 Å². The Hall–Kier alpha value is -4.59.